The van der Waals surface area contributed by atoms with Gasteiger partial charge < -0.3 is 15.4 Å². The number of hydrogen-bond donors (Lipinski definition) is 3. The Balaban J connectivity index is 2.16. The molecule has 1 aromatic carbocycles. The van der Waals surface area contributed by atoms with E-state index in [9.17, 15) is 9.90 Å². The first kappa shape index (κ1) is 13.4. The van der Waals surface area contributed by atoms with Crippen molar-refractivity contribution in [1.29, 1.82) is 0 Å². The maximum Gasteiger partial charge on any atom is 0.326 e. The molecule has 0 aliphatic rings. The number of H-pyrrole nitrogens is 1. The van der Waals surface area contributed by atoms with Crippen LogP contribution in [0.2, 0.25) is 0 Å². The topological polar surface area (TPSA) is 90.9 Å². The number of carboxylic acid groups (broad SMARTS) is 1. The Hall–Kier alpha value is -2.63. The van der Waals surface area contributed by atoms with Gasteiger partial charge in [-0.05, 0) is 12.0 Å². The maximum absolute atomic E-state index is 11.4. The fraction of sp³-hybridized carbons (Fsp3) is 0.267. The first-order valence-corrected chi connectivity index (χ1v) is 6.78. The largest absolute Gasteiger partial charge is 0.480 e. The molecule has 0 bridgehead atoms. The Morgan fingerprint density at radius 1 is 1.29 bits per heavy atom. The standard InChI is InChI=1S/C15H16N4O2/c1-8(2)12(15(20)21)19-14-11-9-5-3-4-6-10(9)18-13(11)16-7-17-14/h3-8,12H,1-2H3,(H,20,21)(H2,16,17,18,19)/t12-/m0/s1. The third kappa shape index (κ3) is 2.29. The van der Waals surface area contributed by atoms with Gasteiger partial charge in [0.1, 0.15) is 23.8 Å². The summed E-state index contributed by atoms with van der Waals surface area (Å²) < 4.78 is 0. The van der Waals surface area contributed by atoms with Crippen LogP contribution in [0, 0.1) is 5.92 Å². The van der Waals surface area contributed by atoms with Gasteiger partial charge in [-0.2, -0.15) is 0 Å². The summed E-state index contributed by atoms with van der Waals surface area (Å²) >= 11 is 0. The quantitative estimate of drug-likeness (QED) is 0.685. The monoisotopic (exact) mass is 284 g/mol. The highest BCUT2D eigenvalue weighted by Crippen LogP contribution is 2.29. The van der Waals surface area contributed by atoms with Gasteiger partial charge in [-0.15, -0.1) is 0 Å². The maximum atomic E-state index is 11.4. The number of benzene rings is 1. The van der Waals surface area contributed by atoms with Crippen LogP contribution < -0.4 is 5.32 Å². The van der Waals surface area contributed by atoms with E-state index in [-0.39, 0.29) is 5.92 Å². The van der Waals surface area contributed by atoms with Crippen molar-refractivity contribution in [3.63, 3.8) is 0 Å². The number of fused-ring (bicyclic) bond motifs is 3. The van der Waals surface area contributed by atoms with Gasteiger partial charge in [0.25, 0.3) is 0 Å². The van der Waals surface area contributed by atoms with Gasteiger partial charge in [0.05, 0.1) is 5.39 Å². The summed E-state index contributed by atoms with van der Waals surface area (Å²) in [5, 5.41) is 14.2. The minimum Gasteiger partial charge on any atom is -0.480 e. The van der Waals surface area contributed by atoms with E-state index in [1.165, 1.54) is 6.33 Å². The summed E-state index contributed by atoms with van der Waals surface area (Å²) in [5.74, 6) is -0.409. The van der Waals surface area contributed by atoms with Crippen molar-refractivity contribution in [2.75, 3.05) is 5.32 Å². The molecule has 3 N–H and O–H groups in total. The molecule has 3 aromatic rings. The van der Waals surface area contributed by atoms with Crippen molar-refractivity contribution >= 4 is 33.7 Å². The van der Waals surface area contributed by atoms with E-state index in [2.05, 4.69) is 20.3 Å². The van der Waals surface area contributed by atoms with Gasteiger partial charge in [-0.1, -0.05) is 32.0 Å². The van der Waals surface area contributed by atoms with E-state index in [0.29, 0.717) is 11.5 Å². The molecule has 0 saturated carbocycles. The Kier molecular flexibility index (Phi) is 3.21. The molecule has 0 unspecified atom stereocenters. The molecule has 3 rings (SSSR count). The number of aromatic amines is 1. The van der Waals surface area contributed by atoms with Crippen LogP contribution in [-0.2, 0) is 4.79 Å². The fourth-order valence-corrected chi connectivity index (χ4v) is 2.44. The predicted molar refractivity (Wildman–Crippen MR) is 81.3 cm³/mol. The molecule has 108 valence electrons. The number of aliphatic carboxylic acids is 1. The number of anilines is 1. The highest BCUT2D eigenvalue weighted by Gasteiger charge is 2.23. The van der Waals surface area contributed by atoms with Crippen molar-refractivity contribution in [3.8, 4) is 0 Å². The highest BCUT2D eigenvalue weighted by molar-refractivity contribution is 6.11. The van der Waals surface area contributed by atoms with Crippen molar-refractivity contribution in [2.24, 2.45) is 5.92 Å². The van der Waals surface area contributed by atoms with E-state index in [1.807, 2.05) is 38.1 Å². The molecule has 6 nitrogen and oxygen atoms in total. The number of nitrogens with zero attached hydrogens (tertiary/aromatic N) is 2. The summed E-state index contributed by atoms with van der Waals surface area (Å²) in [7, 11) is 0. The molecule has 0 amide bonds. The normalized spacial score (nSPS) is 12.9. The van der Waals surface area contributed by atoms with Gasteiger partial charge >= 0.3 is 5.97 Å². The second-order valence-corrected chi connectivity index (χ2v) is 5.32. The lowest BCUT2D eigenvalue weighted by atomic mass is 10.0. The molecule has 0 aliphatic heterocycles. The van der Waals surface area contributed by atoms with E-state index < -0.39 is 12.0 Å². The van der Waals surface area contributed by atoms with Crippen LogP contribution in [0.15, 0.2) is 30.6 Å². The van der Waals surface area contributed by atoms with Gasteiger partial charge in [0.15, 0.2) is 0 Å². The molecule has 0 aliphatic carbocycles. The summed E-state index contributed by atoms with van der Waals surface area (Å²) in [6.45, 7) is 3.72. The molecule has 6 heteroatoms. The van der Waals surface area contributed by atoms with E-state index in [1.54, 1.807) is 0 Å². The summed E-state index contributed by atoms with van der Waals surface area (Å²) in [5.41, 5.74) is 1.65. The third-order valence-corrected chi connectivity index (χ3v) is 3.52. The van der Waals surface area contributed by atoms with Crippen molar-refractivity contribution in [1.82, 2.24) is 15.0 Å². The number of rotatable bonds is 4. The Morgan fingerprint density at radius 2 is 2.05 bits per heavy atom. The Bertz CT molecular complexity index is 810. The minimum atomic E-state index is -0.892. The van der Waals surface area contributed by atoms with Gasteiger partial charge in [-0.3, -0.25) is 0 Å². The second-order valence-electron chi connectivity index (χ2n) is 5.32. The SMILES string of the molecule is CC(C)[C@H](Nc1ncnc2[nH]c3ccccc3c12)C(=O)O. The average Bonchev–Trinajstić information content (AvgIpc) is 2.83. The van der Waals surface area contributed by atoms with E-state index in [0.717, 1.165) is 16.3 Å². The van der Waals surface area contributed by atoms with Crippen LogP contribution in [0.3, 0.4) is 0 Å². The first-order chi connectivity index (χ1) is 10.1. The number of nitrogens with one attached hydrogen (secondary N) is 2. The molecule has 0 spiro atoms. The van der Waals surface area contributed by atoms with Gasteiger partial charge in [0, 0.05) is 10.9 Å². The van der Waals surface area contributed by atoms with Crippen LogP contribution >= 0.6 is 0 Å². The van der Waals surface area contributed by atoms with E-state index >= 15 is 0 Å². The number of hydrogen-bond acceptors (Lipinski definition) is 4. The molecule has 2 aromatic heterocycles. The van der Waals surface area contributed by atoms with Crippen LogP contribution in [-0.4, -0.2) is 32.1 Å². The van der Waals surface area contributed by atoms with Crippen molar-refractivity contribution in [3.05, 3.63) is 30.6 Å². The molecular formula is C15H16N4O2. The molecule has 2 heterocycles. The number of para-hydroxylation sites is 1. The molecule has 21 heavy (non-hydrogen) atoms. The average molecular weight is 284 g/mol. The predicted octanol–water partition coefficient (Wildman–Crippen LogP) is 2.63. The number of carbonyl (C=O) groups is 1. The van der Waals surface area contributed by atoms with E-state index in [4.69, 9.17) is 0 Å². The van der Waals surface area contributed by atoms with Crippen LogP contribution in [0.25, 0.3) is 21.9 Å². The third-order valence-electron chi connectivity index (χ3n) is 3.52. The number of carboxylic acids is 1. The minimum absolute atomic E-state index is 0.0577. The zero-order valence-electron chi connectivity index (χ0n) is 11.8. The number of aromatic nitrogens is 3. The molecule has 0 saturated heterocycles. The van der Waals surface area contributed by atoms with Crippen molar-refractivity contribution in [2.45, 2.75) is 19.9 Å². The van der Waals surface area contributed by atoms with Crippen LogP contribution in [0.5, 0.6) is 0 Å². The zero-order valence-corrected chi connectivity index (χ0v) is 11.8. The molecular weight excluding hydrogens is 268 g/mol. The molecule has 0 radical (unpaired) electrons. The lowest BCUT2D eigenvalue weighted by molar-refractivity contribution is -0.138. The molecule has 0 fully saturated rings. The summed E-state index contributed by atoms with van der Waals surface area (Å²) in [4.78, 5) is 23.0. The first-order valence-electron chi connectivity index (χ1n) is 6.78. The fourth-order valence-electron chi connectivity index (χ4n) is 2.44. The lowest BCUT2D eigenvalue weighted by Crippen LogP contribution is -2.34. The van der Waals surface area contributed by atoms with Gasteiger partial charge in [-0.25, -0.2) is 14.8 Å². The van der Waals surface area contributed by atoms with Crippen LogP contribution in [0.1, 0.15) is 13.8 Å². The van der Waals surface area contributed by atoms with Crippen molar-refractivity contribution < 1.29 is 9.90 Å². The molecule has 1 atom stereocenters. The second kappa shape index (κ2) is 5.05. The highest BCUT2D eigenvalue weighted by atomic mass is 16.4. The lowest BCUT2D eigenvalue weighted by Gasteiger charge is -2.18. The summed E-state index contributed by atoms with van der Waals surface area (Å²) in [6, 6.07) is 7.10. The smallest absolute Gasteiger partial charge is 0.326 e. The Morgan fingerprint density at radius 3 is 2.76 bits per heavy atom. The zero-order chi connectivity index (χ0) is 15.0. The van der Waals surface area contributed by atoms with Crippen LogP contribution in [0.4, 0.5) is 5.82 Å². The van der Waals surface area contributed by atoms with Gasteiger partial charge in [0.2, 0.25) is 0 Å². The Labute approximate surface area is 121 Å². The summed E-state index contributed by atoms with van der Waals surface area (Å²) in [6.07, 6.45) is 1.43.